The van der Waals surface area contributed by atoms with Crippen LogP contribution in [0.25, 0.3) is 0 Å². The Morgan fingerprint density at radius 1 is 1.10 bits per heavy atom. The summed E-state index contributed by atoms with van der Waals surface area (Å²) in [5, 5.41) is 0. The highest BCUT2D eigenvalue weighted by Gasteiger charge is 2.38. The molecule has 1 aromatic heterocycles. The first kappa shape index (κ1) is 21.4. The van der Waals surface area contributed by atoms with Crippen LogP contribution < -0.4 is 11.0 Å². The van der Waals surface area contributed by atoms with Crippen LogP contribution in [-0.4, -0.2) is 18.2 Å². The van der Waals surface area contributed by atoms with Crippen molar-refractivity contribution in [3.05, 3.63) is 59.4 Å². The van der Waals surface area contributed by atoms with Crippen LogP contribution >= 0.6 is 0 Å². The second-order valence-electron chi connectivity index (χ2n) is 6.79. The fraction of sp³-hybridized carbons (Fsp3) is 0.421. The highest BCUT2D eigenvalue weighted by atomic mass is 19.4. The van der Waals surface area contributed by atoms with Gasteiger partial charge in [-0.25, -0.2) is 8.78 Å². The van der Waals surface area contributed by atoms with Crippen molar-refractivity contribution < 1.29 is 31.5 Å². The van der Waals surface area contributed by atoms with Crippen molar-refractivity contribution in [3.63, 3.8) is 0 Å². The van der Waals surface area contributed by atoms with Crippen LogP contribution in [-0.2, 0) is 21.4 Å². The predicted octanol–water partition coefficient (Wildman–Crippen LogP) is 4.71. The van der Waals surface area contributed by atoms with Crippen LogP contribution in [0.3, 0.4) is 0 Å². The van der Waals surface area contributed by atoms with Gasteiger partial charge in [0.2, 0.25) is 0 Å². The average molecular weight is 417 g/mol. The molecule has 0 aliphatic heterocycles. The topological polar surface area (TPSA) is 55.4 Å². The third-order valence-electron chi connectivity index (χ3n) is 5.11. The van der Waals surface area contributed by atoms with E-state index in [1.54, 1.807) is 0 Å². The lowest BCUT2D eigenvalue weighted by Gasteiger charge is -2.39. The molecule has 0 radical (unpaired) electrons. The van der Waals surface area contributed by atoms with Crippen molar-refractivity contribution in [2.75, 3.05) is 12.5 Å². The summed E-state index contributed by atoms with van der Waals surface area (Å²) in [5.41, 5.74) is 3.39. The first-order valence-electron chi connectivity index (χ1n) is 8.94. The largest absolute Gasteiger partial charge is 0.419 e. The molecule has 3 rings (SSSR count). The zero-order chi connectivity index (χ0) is 21.1. The van der Waals surface area contributed by atoms with Gasteiger partial charge < -0.3 is 4.74 Å². The van der Waals surface area contributed by atoms with Gasteiger partial charge in [0.1, 0.15) is 0 Å². The number of aromatic nitrogens is 1. The Morgan fingerprint density at radius 3 is 2.45 bits per heavy atom. The molecule has 1 aromatic carbocycles. The Balaban J connectivity index is 1.57. The molecule has 0 spiro atoms. The Kier molecular flexibility index (Phi) is 6.35. The Morgan fingerprint density at radius 2 is 1.83 bits per heavy atom. The van der Waals surface area contributed by atoms with Crippen LogP contribution in [0.15, 0.2) is 36.7 Å². The predicted molar refractivity (Wildman–Crippen MR) is 94.4 cm³/mol. The SMILES string of the molecule is COC1(c2ccc(F)c(F)c2)CCC(ONNc2ccncc2C(F)(F)F)CC1. The summed E-state index contributed by atoms with van der Waals surface area (Å²) in [7, 11) is 1.50. The van der Waals surface area contributed by atoms with E-state index in [1.165, 1.54) is 25.4 Å². The number of anilines is 1. The van der Waals surface area contributed by atoms with Crippen LogP contribution in [0.4, 0.5) is 27.6 Å². The number of halogens is 5. The fourth-order valence-corrected chi connectivity index (χ4v) is 3.46. The van der Waals surface area contributed by atoms with Gasteiger partial charge in [0.15, 0.2) is 11.6 Å². The maximum Gasteiger partial charge on any atom is 0.419 e. The van der Waals surface area contributed by atoms with Gasteiger partial charge in [-0.3, -0.25) is 15.2 Å². The van der Waals surface area contributed by atoms with Crippen LogP contribution in [0.1, 0.15) is 36.8 Å². The number of hydrogen-bond donors (Lipinski definition) is 2. The minimum absolute atomic E-state index is 0.212. The number of hydrazine groups is 1. The van der Waals surface area contributed by atoms with E-state index in [-0.39, 0.29) is 11.8 Å². The van der Waals surface area contributed by atoms with E-state index in [4.69, 9.17) is 9.57 Å². The van der Waals surface area contributed by atoms with E-state index >= 15 is 0 Å². The summed E-state index contributed by atoms with van der Waals surface area (Å²) in [6.45, 7) is 0. The second kappa shape index (κ2) is 8.60. The van der Waals surface area contributed by atoms with Crippen molar-refractivity contribution in [2.45, 2.75) is 43.6 Å². The van der Waals surface area contributed by atoms with Gasteiger partial charge in [-0.05, 0) is 49.4 Å². The first-order chi connectivity index (χ1) is 13.7. The lowest BCUT2D eigenvalue weighted by molar-refractivity contribution is -0.137. The van der Waals surface area contributed by atoms with Gasteiger partial charge in [-0.15, -0.1) is 5.59 Å². The highest BCUT2D eigenvalue weighted by Crippen LogP contribution is 2.41. The van der Waals surface area contributed by atoms with Crippen molar-refractivity contribution in [1.82, 2.24) is 10.6 Å². The first-order valence-corrected chi connectivity index (χ1v) is 8.94. The Bertz CT molecular complexity index is 839. The minimum atomic E-state index is -4.55. The number of nitrogens with one attached hydrogen (secondary N) is 2. The summed E-state index contributed by atoms with van der Waals surface area (Å²) in [5.74, 6) is -1.87. The molecule has 10 heteroatoms. The molecule has 0 saturated heterocycles. The number of rotatable bonds is 6. The van der Waals surface area contributed by atoms with Crippen LogP contribution in [0.5, 0.6) is 0 Å². The fourth-order valence-electron chi connectivity index (χ4n) is 3.46. The smallest absolute Gasteiger partial charge is 0.374 e. The van der Waals surface area contributed by atoms with Gasteiger partial charge >= 0.3 is 6.18 Å². The Hall–Kier alpha value is -2.30. The summed E-state index contributed by atoms with van der Waals surface area (Å²) in [6, 6.07) is 4.86. The number of alkyl halides is 3. The van der Waals surface area contributed by atoms with E-state index < -0.39 is 29.0 Å². The number of pyridine rings is 1. The molecule has 5 nitrogen and oxygen atoms in total. The maximum absolute atomic E-state index is 13.6. The van der Waals surface area contributed by atoms with Crippen molar-refractivity contribution >= 4 is 5.69 Å². The van der Waals surface area contributed by atoms with Crippen molar-refractivity contribution in [1.29, 1.82) is 0 Å². The van der Waals surface area contributed by atoms with Gasteiger partial charge in [0, 0.05) is 19.5 Å². The molecule has 29 heavy (non-hydrogen) atoms. The molecular formula is C19H20F5N3O2. The monoisotopic (exact) mass is 417 g/mol. The number of hydrogen-bond acceptors (Lipinski definition) is 5. The summed E-state index contributed by atoms with van der Waals surface area (Å²) >= 11 is 0. The molecule has 1 aliphatic rings. The van der Waals surface area contributed by atoms with Crippen LogP contribution in [0.2, 0.25) is 0 Å². The normalized spacial score (nSPS) is 22.5. The second-order valence-corrected chi connectivity index (χ2v) is 6.79. The molecule has 2 N–H and O–H groups in total. The standard InChI is InChI=1S/C19H20F5N3O2/c1-28-18(12-2-3-15(20)16(21)10-12)7-4-13(5-8-18)29-27-26-17-6-9-25-11-14(17)19(22,23)24/h2-3,6,9-11,13,27H,4-5,7-8H2,1H3,(H,25,26). The average Bonchev–Trinajstić information content (AvgIpc) is 2.70. The molecule has 2 aromatic rings. The third-order valence-corrected chi connectivity index (χ3v) is 5.11. The molecule has 1 fully saturated rings. The molecule has 1 aliphatic carbocycles. The van der Waals surface area contributed by atoms with Crippen molar-refractivity contribution in [3.8, 4) is 0 Å². The van der Waals surface area contributed by atoms with E-state index in [9.17, 15) is 22.0 Å². The van der Waals surface area contributed by atoms with Gasteiger partial charge in [0.05, 0.1) is 23.0 Å². The van der Waals surface area contributed by atoms with E-state index in [1.807, 2.05) is 0 Å². The number of nitrogens with zero attached hydrogens (tertiary/aromatic N) is 1. The van der Waals surface area contributed by atoms with Gasteiger partial charge in [-0.2, -0.15) is 13.2 Å². The zero-order valence-electron chi connectivity index (χ0n) is 15.5. The number of ether oxygens (including phenoxy) is 1. The minimum Gasteiger partial charge on any atom is -0.374 e. The highest BCUT2D eigenvalue weighted by molar-refractivity contribution is 5.49. The number of methoxy groups -OCH3 is 1. The lowest BCUT2D eigenvalue weighted by atomic mass is 9.78. The molecule has 0 atom stereocenters. The maximum atomic E-state index is 13.6. The third kappa shape index (κ3) is 4.82. The molecule has 1 heterocycles. The van der Waals surface area contributed by atoms with E-state index in [0.717, 1.165) is 18.3 Å². The zero-order valence-corrected chi connectivity index (χ0v) is 15.5. The van der Waals surface area contributed by atoms with Crippen LogP contribution in [0, 0.1) is 11.6 Å². The van der Waals surface area contributed by atoms with E-state index in [0.29, 0.717) is 31.2 Å². The molecular weight excluding hydrogens is 397 g/mol. The lowest BCUT2D eigenvalue weighted by Crippen LogP contribution is -2.39. The Labute approximate surface area is 164 Å². The molecule has 0 bridgehead atoms. The van der Waals surface area contributed by atoms with Gasteiger partial charge in [0.25, 0.3) is 0 Å². The molecule has 0 unspecified atom stereocenters. The van der Waals surface area contributed by atoms with E-state index in [2.05, 4.69) is 16.0 Å². The summed E-state index contributed by atoms with van der Waals surface area (Å²) < 4.78 is 71.3. The van der Waals surface area contributed by atoms with Crippen molar-refractivity contribution in [2.24, 2.45) is 0 Å². The number of benzene rings is 1. The molecule has 0 amide bonds. The van der Waals surface area contributed by atoms with Gasteiger partial charge in [-0.1, -0.05) is 6.07 Å². The molecule has 1 saturated carbocycles. The summed E-state index contributed by atoms with van der Waals surface area (Å²) in [6.07, 6.45) is -0.936. The summed E-state index contributed by atoms with van der Waals surface area (Å²) in [4.78, 5) is 8.92. The molecule has 158 valence electrons. The quantitative estimate of drug-likeness (QED) is 0.527.